The first-order valence-corrected chi connectivity index (χ1v) is 12.8. The molecule has 0 spiro atoms. The Balaban J connectivity index is 1.78. The van der Waals surface area contributed by atoms with Crippen molar-refractivity contribution in [1.29, 1.82) is 0 Å². The van der Waals surface area contributed by atoms with Gasteiger partial charge >= 0.3 is 0 Å². The van der Waals surface area contributed by atoms with E-state index in [0.717, 1.165) is 5.56 Å². The number of methoxy groups -OCH3 is 1. The van der Waals surface area contributed by atoms with Gasteiger partial charge in [0.15, 0.2) is 0 Å². The van der Waals surface area contributed by atoms with Crippen LogP contribution < -0.4 is 4.74 Å². The summed E-state index contributed by atoms with van der Waals surface area (Å²) in [6.45, 7) is 3.82. The molecular weight excluding hydrogens is 480 g/mol. The summed E-state index contributed by atoms with van der Waals surface area (Å²) in [5.74, 6) is -0.296. The van der Waals surface area contributed by atoms with E-state index in [1.807, 2.05) is 19.9 Å². The Kier molecular flexibility index (Phi) is 6.84. The first kappa shape index (κ1) is 24.4. The second-order valence-corrected chi connectivity index (χ2v) is 10.9. The molecule has 2 fully saturated rings. The summed E-state index contributed by atoms with van der Waals surface area (Å²) in [4.78, 5) is 33.7. The fourth-order valence-corrected chi connectivity index (χ4v) is 6.57. The average molecular weight is 507 g/mol. The third-order valence-corrected chi connectivity index (χ3v) is 8.39. The number of carbonyl (C=O) groups is 2. The number of benzene rings is 1. The van der Waals surface area contributed by atoms with Gasteiger partial charge in [0, 0.05) is 42.8 Å². The molecule has 2 saturated heterocycles. The summed E-state index contributed by atoms with van der Waals surface area (Å²) < 4.78 is 34.3. The Hall–Kier alpha value is -2.69. The van der Waals surface area contributed by atoms with Crippen LogP contribution in [-0.4, -0.2) is 77.8 Å². The minimum Gasteiger partial charge on any atom is -0.495 e. The number of carbonyl (C=O) groups excluding carboxylic acids is 2. The number of hydrogen-bond donors (Lipinski definition) is 0. The number of hydrogen-bond acceptors (Lipinski definition) is 6. The lowest BCUT2D eigenvalue weighted by Crippen LogP contribution is -2.72. The molecule has 0 radical (unpaired) electrons. The van der Waals surface area contributed by atoms with Crippen LogP contribution in [0.15, 0.2) is 47.6 Å². The number of piperazine rings is 1. The monoisotopic (exact) mass is 506 g/mol. The average Bonchev–Trinajstić information content (AvgIpc) is 2.81. The maximum Gasteiger partial charge on any atom is 0.248 e. The lowest BCUT2D eigenvalue weighted by Gasteiger charge is -2.52. The first-order valence-electron chi connectivity index (χ1n) is 11.0. The van der Waals surface area contributed by atoms with Gasteiger partial charge in [-0.1, -0.05) is 17.7 Å². The summed E-state index contributed by atoms with van der Waals surface area (Å²) in [7, 11) is -2.72. The van der Waals surface area contributed by atoms with Gasteiger partial charge in [-0.2, -0.15) is 4.31 Å². The van der Waals surface area contributed by atoms with E-state index in [1.54, 1.807) is 29.4 Å². The Morgan fingerprint density at radius 1 is 1.24 bits per heavy atom. The maximum atomic E-state index is 13.8. The van der Waals surface area contributed by atoms with E-state index in [0.29, 0.717) is 0 Å². The first-order chi connectivity index (χ1) is 16.1. The molecule has 9 nitrogen and oxygen atoms in total. The van der Waals surface area contributed by atoms with Gasteiger partial charge in [-0.05, 0) is 43.7 Å². The zero-order chi connectivity index (χ0) is 24.6. The Labute approximate surface area is 204 Å². The van der Waals surface area contributed by atoms with Gasteiger partial charge in [-0.25, -0.2) is 8.42 Å². The van der Waals surface area contributed by atoms with Crippen molar-refractivity contribution >= 4 is 33.4 Å². The maximum absolute atomic E-state index is 13.8. The van der Waals surface area contributed by atoms with E-state index in [2.05, 4.69) is 4.98 Å². The molecule has 2 atom stereocenters. The molecule has 4 rings (SSSR count). The number of amides is 2. The van der Waals surface area contributed by atoms with Crippen molar-refractivity contribution in [2.75, 3.05) is 20.2 Å². The van der Waals surface area contributed by atoms with E-state index in [-0.39, 0.29) is 59.5 Å². The molecule has 11 heteroatoms. The van der Waals surface area contributed by atoms with E-state index in [9.17, 15) is 18.0 Å². The molecule has 2 aliphatic heterocycles. The topological polar surface area (TPSA) is 100 Å². The van der Waals surface area contributed by atoms with Crippen LogP contribution in [-0.2, 0) is 26.0 Å². The molecule has 34 heavy (non-hydrogen) atoms. The van der Waals surface area contributed by atoms with Gasteiger partial charge < -0.3 is 14.5 Å². The lowest BCUT2D eigenvalue weighted by atomic mass is 9.98. The van der Waals surface area contributed by atoms with Crippen molar-refractivity contribution in [2.24, 2.45) is 0 Å². The van der Waals surface area contributed by atoms with E-state index in [4.69, 9.17) is 16.3 Å². The largest absolute Gasteiger partial charge is 0.495 e. The van der Waals surface area contributed by atoms with E-state index in [1.165, 1.54) is 28.4 Å². The molecule has 2 aromatic rings. The lowest BCUT2D eigenvalue weighted by molar-refractivity contribution is -0.166. The van der Waals surface area contributed by atoms with Gasteiger partial charge in [0.25, 0.3) is 0 Å². The fraction of sp³-hybridized carbons (Fsp3) is 0.435. The quantitative estimate of drug-likeness (QED) is 0.595. The summed E-state index contributed by atoms with van der Waals surface area (Å²) in [5.41, 5.74) is 0.787. The zero-order valence-corrected chi connectivity index (χ0v) is 20.8. The van der Waals surface area contributed by atoms with Gasteiger partial charge in [-0.3, -0.25) is 14.6 Å². The number of nitrogens with zero attached hydrogens (tertiary/aromatic N) is 4. The number of ether oxygens (including phenoxy) is 1. The van der Waals surface area contributed by atoms with Crippen molar-refractivity contribution in [3.05, 3.63) is 53.3 Å². The number of fused-ring (bicyclic) bond motifs is 1. The van der Waals surface area contributed by atoms with Gasteiger partial charge in [0.1, 0.15) is 22.9 Å². The number of halogens is 1. The Morgan fingerprint density at radius 2 is 2.00 bits per heavy atom. The SMILES string of the molecule is COc1ccc(Cl)cc1S(=O)(=O)N1CCC(=O)N2C(Cc3cccnc3)C(=O)N(C(C)C)CC21. The predicted molar refractivity (Wildman–Crippen MR) is 126 cm³/mol. The van der Waals surface area contributed by atoms with Crippen molar-refractivity contribution in [3.8, 4) is 5.75 Å². The summed E-state index contributed by atoms with van der Waals surface area (Å²) in [6.07, 6.45) is 2.64. The van der Waals surface area contributed by atoms with Crippen LogP contribution in [0.3, 0.4) is 0 Å². The van der Waals surface area contributed by atoms with Crippen molar-refractivity contribution in [3.63, 3.8) is 0 Å². The number of aromatic nitrogens is 1. The molecule has 2 unspecified atom stereocenters. The standard InChI is InChI=1S/C23H27ClN4O5S/c1-15(2)26-14-21-27(34(31,32)20-12-17(24)6-7-19(20)33-3)10-8-22(29)28(21)18(23(26)30)11-16-5-4-9-25-13-16/h4-7,9,12-13,15,18,21H,8,10-11,14H2,1-3H3. The van der Waals surface area contributed by atoms with Crippen LogP contribution in [0, 0.1) is 0 Å². The zero-order valence-electron chi connectivity index (χ0n) is 19.2. The number of rotatable bonds is 6. The van der Waals surface area contributed by atoms with Gasteiger partial charge in [0.2, 0.25) is 21.8 Å². The molecule has 182 valence electrons. The summed E-state index contributed by atoms with van der Waals surface area (Å²) in [6, 6.07) is 6.99. The van der Waals surface area contributed by atoms with E-state index >= 15 is 0 Å². The molecule has 2 amide bonds. The van der Waals surface area contributed by atoms with Crippen molar-refractivity contribution in [1.82, 2.24) is 19.1 Å². The minimum atomic E-state index is -4.10. The van der Waals surface area contributed by atoms with Crippen LogP contribution in [0.1, 0.15) is 25.8 Å². The molecule has 0 N–H and O–H groups in total. The molecule has 3 heterocycles. The second-order valence-electron chi connectivity index (χ2n) is 8.61. The molecule has 1 aromatic heterocycles. The Bertz CT molecular complexity index is 1190. The third-order valence-electron chi connectivity index (χ3n) is 6.24. The van der Waals surface area contributed by atoms with Gasteiger partial charge in [0.05, 0.1) is 13.7 Å². The minimum absolute atomic E-state index is 0.00224. The van der Waals surface area contributed by atoms with Crippen LogP contribution in [0.4, 0.5) is 0 Å². The molecule has 1 aromatic carbocycles. The molecule has 0 bridgehead atoms. The molecule has 2 aliphatic rings. The molecule has 0 saturated carbocycles. The molecule has 0 aliphatic carbocycles. The van der Waals surface area contributed by atoms with Crippen LogP contribution >= 0.6 is 11.6 Å². The van der Waals surface area contributed by atoms with Crippen molar-refractivity contribution < 1.29 is 22.7 Å². The highest BCUT2D eigenvalue weighted by Crippen LogP contribution is 2.35. The normalized spacial score (nSPS) is 21.7. The highest BCUT2D eigenvalue weighted by molar-refractivity contribution is 7.89. The molecular formula is C23H27ClN4O5S. The predicted octanol–water partition coefficient (Wildman–Crippen LogP) is 2.15. The van der Waals surface area contributed by atoms with Crippen LogP contribution in [0.5, 0.6) is 5.75 Å². The van der Waals surface area contributed by atoms with Crippen LogP contribution in [0.25, 0.3) is 0 Å². The smallest absolute Gasteiger partial charge is 0.248 e. The third kappa shape index (κ3) is 4.37. The van der Waals surface area contributed by atoms with Gasteiger partial charge in [-0.15, -0.1) is 0 Å². The highest BCUT2D eigenvalue weighted by Gasteiger charge is 2.51. The Morgan fingerprint density at radius 3 is 2.65 bits per heavy atom. The number of pyridine rings is 1. The van der Waals surface area contributed by atoms with E-state index < -0.39 is 22.2 Å². The number of sulfonamides is 1. The summed E-state index contributed by atoms with van der Waals surface area (Å²) >= 11 is 6.11. The fourth-order valence-electron chi connectivity index (χ4n) is 4.58. The second kappa shape index (κ2) is 9.52. The van der Waals surface area contributed by atoms with Crippen LogP contribution in [0.2, 0.25) is 5.02 Å². The highest BCUT2D eigenvalue weighted by atomic mass is 35.5. The summed E-state index contributed by atoms with van der Waals surface area (Å²) in [5, 5.41) is 0.251. The van der Waals surface area contributed by atoms with Crippen molar-refractivity contribution in [2.45, 2.75) is 49.8 Å².